The van der Waals surface area contributed by atoms with Crippen molar-refractivity contribution in [2.24, 2.45) is 0 Å². The largest absolute Gasteiger partial charge is 0.347 e. The molecular weight excluding hydrogens is 254 g/mol. The van der Waals surface area contributed by atoms with Crippen molar-refractivity contribution in [1.29, 1.82) is 0 Å². The summed E-state index contributed by atoms with van der Waals surface area (Å²) in [6.45, 7) is 3.46. The molecule has 6 heteroatoms. The van der Waals surface area contributed by atoms with Crippen LogP contribution in [0, 0.1) is 6.92 Å². The van der Waals surface area contributed by atoms with Crippen molar-refractivity contribution in [1.82, 2.24) is 20.4 Å². The fourth-order valence-corrected chi connectivity index (χ4v) is 3.08. The number of carbonyl (C=O) groups excluding carboxylic acids is 1. The van der Waals surface area contributed by atoms with E-state index in [-0.39, 0.29) is 5.91 Å². The van der Waals surface area contributed by atoms with Crippen LogP contribution in [0.15, 0.2) is 6.20 Å². The van der Waals surface area contributed by atoms with E-state index in [2.05, 4.69) is 20.4 Å². The highest BCUT2D eigenvalue weighted by atomic mass is 16.2. The molecule has 0 radical (unpaired) electrons. The molecule has 2 aromatic rings. The minimum atomic E-state index is 0.0224. The molecule has 6 nitrogen and oxygen atoms in total. The van der Waals surface area contributed by atoms with Gasteiger partial charge in [-0.15, -0.1) is 4.68 Å². The molecule has 20 heavy (non-hydrogen) atoms. The Morgan fingerprint density at radius 2 is 2.25 bits per heavy atom. The van der Waals surface area contributed by atoms with Crippen molar-refractivity contribution in [2.75, 3.05) is 6.54 Å². The molecule has 0 atom stereocenters. The van der Waals surface area contributed by atoms with Crippen LogP contribution in [0.4, 0.5) is 0 Å². The molecule has 3 heterocycles. The Bertz CT molecular complexity index is 719. The van der Waals surface area contributed by atoms with Gasteiger partial charge in [-0.05, 0) is 25.3 Å². The number of hydrogen-bond donors (Lipinski definition) is 2. The van der Waals surface area contributed by atoms with Crippen LogP contribution in [-0.2, 0) is 19.4 Å². The first-order valence-electron chi connectivity index (χ1n) is 7.00. The summed E-state index contributed by atoms with van der Waals surface area (Å²) >= 11 is 0. The average Bonchev–Trinajstić information content (AvgIpc) is 2.72. The molecule has 2 aromatic heterocycles. The minimum Gasteiger partial charge on any atom is -0.347 e. The van der Waals surface area contributed by atoms with Gasteiger partial charge in [-0.25, -0.2) is 9.97 Å². The van der Waals surface area contributed by atoms with E-state index >= 15 is 0 Å². The summed E-state index contributed by atoms with van der Waals surface area (Å²) in [6.07, 6.45) is 4.59. The zero-order chi connectivity index (χ0) is 13.7. The van der Waals surface area contributed by atoms with E-state index in [1.54, 1.807) is 0 Å². The molecule has 102 valence electrons. The summed E-state index contributed by atoms with van der Waals surface area (Å²) < 4.78 is 1.97. The maximum absolute atomic E-state index is 12.2. The van der Waals surface area contributed by atoms with E-state index in [0.29, 0.717) is 0 Å². The lowest BCUT2D eigenvalue weighted by atomic mass is 9.93. The number of nitrogens with one attached hydrogen (secondary N) is 2. The van der Waals surface area contributed by atoms with E-state index in [9.17, 15) is 4.79 Å². The summed E-state index contributed by atoms with van der Waals surface area (Å²) in [5.74, 6) is 0.782. The molecule has 1 aliphatic carbocycles. The summed E-state index contributed by atoms with van der Waals surface area (Å²) in [5.41, 5.74) is 4.96. The maximum Gasteiger partial charge on any atom is 0.318 e. The molecule has 0 fully saturated rings. The fourth-order valence-electron chi connectivity index (χ4n) is 3.08. The molecule has 0 saturated carbocycles. The minimum absolute atomic E-state index is 0.0224. The lowest BCUT2D eigenvalue weighted by Crippen LogP contribution is -2.41. The van der Waals surface area contributed by atoms with E-state index in [0.717, 1.165) is 66.4 Å². The highest BCUT2D eigenvalue weighted by molar-refractivity contribution is 5.94. The predicted molar refractivity (Wildman–Crippen MR) is 71.1 cm³/mol. The Balaban J connectivity index is 1.95. The molecule has 1 amide bonds. The van der Waals surface area contributed by atoms with Gasteiger partial charge in [0.25, 0.3) is 5.69 Å². The van der Waals surface area contributed by atoms with Crippen LogP contribution in [0.25, 0.3) is 11.4 Å². The highest BCUT2D eigenvalue weighted by Gasteiger charge is 2.36. The second-order valence-electron chi connectivity index (χ2n) is 5.37. The van der Waals surface area contributed by atoms with Crippen LogP contribution in [0.5, 0.6) is 0 Å². The first-order valence-corrected chi connectivity index (χ1v) is 7.00. The first kappa shape index (κ1) is 11.6. The predicted octanol–water partition coefficient (Wildman–Crippen LogP) is 0.300. The number of rotatable bonds is 0. The number of carbonyl (C=O) groups is 1. The third-order valence-corrected chi connectivity index (χ3v) is 4.03. The molecular formula is C14H16N5O+. The lowest BCUT2D eigenvalue weighted by Gasteiger charge is -2.13. The zero-order valence-electron chi connectivity index (χ0n) is 11.4. The van der Waals surface area contributed by atoms with Crippen LogP contribution in [0.3, 0.4) is 0 Å². The van der Waals surface area contributed by atoms with E-state index in [4.69, 9.17) is 0 Å². The third kappa shape index (κ3) is 1.57. The molecule has 0 spiro atoms. The number of fused-ring (bicyclic) bond motifs is 5. The Hall–Kier alpha value is -2.24. The summed E-state index contributed by atoms with van der Waals surface area (Å²) in [7, 11) is 0. The van der Waals surface area contributed by atoms with Gasteiger partial charge in [0.15, 0.2) is 6.54 Å². The van der Waals surface area contributed by atoms with E-state index in [1.165, 1.54) is 0 Å². The quantitative estimate of drug-likeness (QED) is 0.676. The van der Waals surface area contributed by atoms with Crippen molar-refractivity contribution in [3.63, 3.8) is 0 Å². The number of H-pyrrole nitrogens is 1. The molecule has 0 saturated heterocycles. The maximum atomic E-state index is 12.2. The van der Waals surface area contributed by atoms with Crippen molar-refractivity contribution in [3.05, 3.63) is 28.8 Å². The molecule has 1 aliphatic heterocycles. The van der Waals surface area contributed by atoms with Gasteiger partial charge in [0, 0.05) is 19.2 Å². The number of aryl methyl sites for hydroxylation is 3. The van der Waals surface area contributed by atoms with Crippen LogP contribution in [0.2, 0.25) is 0 Å². The molecule has 2 aliphatic rings. The summed E-state index contributed by atoms with van der Waals surface area (Å²) in [6, 6.07) is 0. The highest BCUT2D eigenvalue weighted by Crippen LogP contribution is 2.31. The van der Waals surface area contributed by atoms with Crippen LogP contribution in [0.1, 0.15) is 33.9 Å². The van der Waals surface area contributed by atoms with Crippen LogP contribution >= 0.6 is 0 Å². The lowest BCUT2D eigenvalue weighted by molar-refractivity contribution is -0.750. The number of hydrogen-bond acceptors (Lipinski definition) is 3. The molecule has 0 bridgehead atoms. The Labute approximate surface area is 116 Å². The van der Waals surface area contributed by atoms with Gasteiger partial charge < -0.3 is 5.32 Å². The Kier molecular flexibility index (Phi) is 2.39. The Morgan fingerprint density at radius 3 is 3.15 bits per heavy atom. The number of nitrogens with zero attached hydrogens (tertiary/aromatic N) is 3. The third-order valence-electron chi connectivity index (χ3n) is 4.03. The topological polar surface area (TPSA) is 74.5 Å². The number of aromatic amines is 1. The molecule has 0 aromatic carbocycles. The van der Waals surface area contributed by atoms with Crippen molar-refractivity contribution in [2.45, 2.75) is 32.7 Å². The second kappa shape index (κ2) is 4.13. The summed E-state index contributed by atoms with van der Waals surface area (Å²) in [5, 5.41) is 6.33. The fraction of sp³-hybridized carbons (Fsp3) is 0.429. The van der Waals surface area contributed by atoms with Gasteiger partial charge in [0.2, 0.25) is 0 Å². The van der Waals surface area contributed by atoms with Gasteiger partial charge in [-0.2, -0.15) is 5.10 Å². The van der Waals surface area contributed by atoms with Gasteiger partial charge in [0.1, 0.15) is 11.5 Å². The van der Waals surface area contributed by atoms with Gasteiger partial charge in [0.05, 0.1) is 11.3 Å². The Morgan fingerprint density at radius 1 is 1.35 bits per heavy atom. The van der Waals surface area contributed by atoms with Gasteiger partial charge in [-0.3, -0.25) is 4.79 Å². The van der Waals surface area contributed by atoms with E-state index < -0.39 is 0 Å². The monoisotopic (exact) mass is 270 g/mol. The molecule has 0 unspecified atom stereocenters. The number of aromatic nitrogens is 4. The normalized spacial score (nSPS) is 16.8. The number of amides is 1. The smallest absolute Gasteiger partial charge is 0.318 e. The molecule has 4 rings (SSSR count). The standard InChI is InChI=1S/C14H15N5O/c1-8-16-7-9-3-4-10-12(11(9)17-8)18-19-6-2-5-15-14(20)13(10)19/h7H,2-6H2,1H3,(H,15,20)/p+1. The SMILES string of the molecule is Cc1ncc2c(n1)-c1[nH][n+]3c(c1CC2)C(=O)NCCC3. The van der Waals surface area contributed by atoms with Crippen LogP contribution in [-0.4, -0.2) is 27.5 Å². The van der Waals surface area contributed by atoms with Crippen molar-refractivity contribution in [3.8, 4) is 11.4 Å². The van der Waals surface area contributed by atoms with E-state index in [1.807, 2.05) is 17.8 Å². The van der Waals surface area contributed by atoms with Crippen molar-refractivity contribution < 1.29 is 9.48 Å². The van der Waals surface area contributed by atoms with Crippen LogP contribution < -0.4 is 10.00 Å². The molecule has 2 N–H and O–H groups in total. The zero-order valence-corrected chi connectivity index (χ0v) is 11.4. The van der Waals surface area contributed by atoms with Gasteiger partial charge in [-0.1, -0.05) is 0 Å². The summed E-state index contributed by atoms with van der Waals surface area (Å²) in [4.78, 5) is 21.1. The van der Waals surface area contributed by atoms with Gasteiger partial charge >= 0.3 is 5.91 Å². The average molecular weight is 270 g/mol. The van der Waals surface area contributed by atoms with Crippen molar-refractivity contribution >= 4 is 5.91 Å². The second-order valence-corrected chi connectivity index (χ2v) is 5.37. The first-order chi connectivity index (χ1) is 9.74.